The molecule has 0 unspecified atom stereocenters. The fourth-order valence-corrected chi connectivity index (χ4v) is 2.65. The first-order chi connectivity index (χ1) is 13.0. The van der Waals surface area contributed by atoms with E-state index in [9.17, 15) is 14.0 Å². The number of anilines is 1. The molecule has 0 spiro atoms. The van der Waals surface area contributed by atoms with Crippen molar-refractivity contribution in [3.63, 3.8) is 0 Å². The summed E-state index contributed by atoms with van der Waals surface area (Å²) < 4.78 is 12.9. The molecule has 1 amide bonds. The van der Waals surface area contributed by atoms with Crippen LogP contribution in [0, 0.1) is 5.82 Å². The average Bonchev–Trinajstić information content (AvgIpc) is 2.69. The van der Waals surface area contributed by atoms with E-state index in [1.807, 2.05) is 6.07 Å². The van der Waals surface area contributed by atoms with Crippen LogP contribution in [-0.4, -0.2) is 11.7 Å². The van der Waals surface area contributed by atoms with Gasteiger partial charge in [-0.2, -0.15) is 0 Å². The zero-order chi connectivity index (χ0) is 19.2. The second-order valence-corrected chi connectivity index (χ2v) is 6.20. The molecular formula is C22H15ClFNO2. The molecular weight excluding hydrogens is 365 g/mol. The smallest absolute Gasteiger partial charge is 0.248 e. The molecule has 1 N–H and O–H groups in total. The van der Waals surface area contributed by atoms with Crippen LogP contribution < -0.4 is 5.32 Å². The Morgan fingerprint density at radius 2 is 1.63 bits per heavy atom. The summed E-state index contributed by atoms with van der Waals surface area (Å²) in [5.74, 6) is -0.999. The van der Waals surface area contributed by atoms with Crippen LogP contribution in [0.4, 0.5) is 10.1 Å². The lowest BCUT2D eigenvalue weighted by Crippen LogP contribution is -2.12. The Morgan fingerprint density at radius 1 is 0.926 bits per heavy atom. The molecule has 0 saturated heterocycles. The number of ketones is 1. The van der Waals surface area contributed by atoms with Crippen molar-refractivity contribution in [1.29, 1.82) is 0 Å². The summed E-state index contributed by atoms with van der Waals surface area (Å²) in [6.07, 6.45) is 2.88. The molecule has 0 bridgehead atoms. The molecule has 0 aliphatic heterocycles. The number of amides is 1. The summed E-state index contributed by atoms with van der Waals surface area (Å²) in [6, 6.07) is 19.2. The molecule has 134 valence electrons. The number of benzene rings is 3. The molecule has 0 fully saturated rings. The number of halogens is 2. The molecule has 0 saturated carbocycles. The second-order valence-electron chi connectivity index (χ2n) is 5.76. The molecule has 3 nitrogen and oxygen atoms in total. The molecule has 5 heteroatoms. The van der Waals surface area contributed by atoms with Gasteiger partial charge in [0.15, 0.2) is 5.78 Å². The van der Waals surface area contributed by atoms with Crippen LogP contribution >= 0.6 is 11.6 Å². The Balaban J connectivity index is 1.81. The van der Waals surface area contributed by atoms with Gasteiger partial charge < -0.3 is 5.32 Å². The van der Waals surface area contributed by atoms with Gasteiger partial charge in [0.2, 0.25) is 5.91 Å². The molecule has 0 aliphatic carbocycles. The summed E-state index contributed by atoms with van der Waals surface area (Å²) in [7, 11) is 0. The lowest BCUT2D eigenvalue weighted by molar-refractivity contribution is -0.111. The Hall–Kier alpha value is -3.24. The average molecular weight is 380 g/mol. The number of carbonyl (C=O) groups is 2. The Morgan fingerprint density at radius 3 is 2.33 bits per heavy atom. The summed E-state index contributed by atoms with van der Waals surface area (Å²) in [5, 5.41) is 3.09. The number of carbonyl (C=O) groups excluding carboxylic acids is 2. The van der Waals surface area contributed by atoms with E-state index in [4.69, 9.17) is 11.6 Å². The number of hydrogen-bond acceptors (Lipinski definition) is 2. The minimum absolute atomic E-state index is 0.240. The van der Waals surface area contributed by atoms with Crippen molar-refractivity contribution in [3.05, 3.63) is 106 Å². The van der Waals surface area contributed by atoms with Gasteiger partial charge >= 0.3 is 0 Å². The van der Waals surface area contributed by atoms with Gasteiger partial charge in [-0.1, -0.05) is 54.1 Å². The number of rotatable bonds is 5. The van der Waals surface area contributed by atoms with Gasteiger partial charge in [0.25, 0.3) is 0 Å². The largest absolute Gasteiger partial charge is 0.322 e. The van der Waals surface area contributed by atoms with Crippen molar-refractivity contribution in [2.75, 3.05) is 5.32 Å². The van der Waals surface area contributed by atoms with Gasteiger partial charge in [0.05, 0.1) is 5.69 Å². The lowest BCUT2D eigenvalue weighted by atomic mass is 10.0. The lowest BCUT2D eigenvalue weighted by Gasteiger charge is -2.10. The zero-order valence-corrected chi connectivity index (χ0v) is 14.9. The summed E-state index contributed by atoms with van der Waals surface area (Å²) >= 11 is 6.03. The predicted molar refractivity (Wildman–Crippen MR) is 105 cm³/mol. The van der Waals surface area contributed by atoms with Crippen molar-refractivity contribution in [2.24, 2.45) is 0 Å². The van der Waals surface area contributed by atoms with Gasteiger partial charge in [0, 0.05) is 22.2 Å². The highest BCUT2D eigenvalue weighted by atomic mass is 35.5. The Bertz CT molecular complexity index is 999. The van der Waals surface area contributed by atoms with Gasteiger partial charge in [0.1, 0.15) is 5.82 Å². The first kappa shape index (κ1) is 18.5. The molecule has 27 heavy (non-hydrogen) atoms. The highest BCUT2D eigenvalue weighted by Gasteiger charge is 2.15. The van der Waals surface area contributed by atoms with Crippen LogP contribution in [0.15, 0.2) is 78.9 Å². The minimum Gasteiger partial charge on any atom is -0.322 e. The van der Waals surface area contributed by atoms with Gasteiger partial charge in [-0.3, -0.25) is 9.59 Å². The van der Waals surface area contributed by atoms with Crippen molar-refractivity contribution in [2.45, 2.75) is 0 Å². The van der Waals surface area contributed by atoms with Crippen LogP contribution in [0.2, 0.25) is 5.02 Å². The molecule has 0 aliphatic rings. The van der Waals surface area contributed by atoms with Crippen LogP contribution in [0.1, 0.15) is 21.5 Å². The fraction of sp³-hybridized carbons (Fsp3) is 0. The van der Waals surface area contributed by atoms with Gasteiger partial charge in [-0.05, 0) is 42.0 Å². The summed E-state index contributed by atoms with van der Waals surface area (Å²) in [6.45, 7) is 0. The minimum atomic E-state index is -0.413. The van der Waals surface area contributed by atoms with Crippen LogP contribution in [0.5, 0.6) is 0 Å². The van der Waals surface area contributed by atoms with E-state index in [1.165, 1.54) is 24.3 Å². The van der Waals surface area contributed by atoms with E-state index < -0.39 is 5.91 Å². The second kappa shape index (κ2) is 8.43. The fourth-order valence-electron chi connectivity index (χ4n) is 2.48. The van der Waals surface area contributed by atoms with E-state index in [-0.39, 0.29) is 11.6 Å². The Kier molecular flexibility index (Phi) is 5.79. The maximum atomic E-state index is 12.9. The van der Waals surface area contributed by atoms with Crippen molar-refractivity contribution >= 4 is 35.1 Å². The van der Waals surface area contributed by atoms with Crippen molar-refractivity contribution < 1.29 is 14.0 Å². The molecule has 0 atom stereocenters. The van der Waals surface area contributed by atoms with E-state index in [2.05, 4.69) is 5.32 Å². The molecule has 0 aromatic heterocycles. The predicted octanol–water partition coefficient (Wildman–Crippen LogP) is 5.36. The summed E-state index contributed by atoms with van der Waals surface area (Å²) in [4.78, 5) is 25.0. The summed E-state index contributed by atoms with van der Waals surface area (Å²) in [5.41, 5.74) is 1.85. The van der Waals surface area contributed by atoms with Crippen LogP contribution in [0.25, 0.3) is 6.08 Å². The molecule has 3 aromatic rings. The van der Waals surface area contributed by atoms with Crippen molar-refractivity contribution in [3.8, 4) is 0 Å². The first-order valence-corrected chi connectivity index (χ1v) is 8.54. The number of hydrogen-bond donors (Lipinski definition) is 1. The third-order valence-electron chi connectivity index (χ3n) is 3.82. The number of nitrogens with one attached hydrogen (secondary N) is 1. The van der Waals surface area contributed by atoms with E-state index in [0.29, 0.717) is 27.4 Å². The zero-order valence-electron chi connectivity index (χ0n) is 14.2. The SMILES string of the molecule is O=C(C=Cc1ccc(F)cc1)Nc1ccc(Cl)cc1C(=O)c1ccccc1. The van der Waals surface area contributed by atoms with E-state index >= 15 is 0 Å². The maximum absolute atomic E-state index is 12.9. The highest BCUT2D eigenvalue weighted by Crippen LogP contribution is 2.24. The highest BCUT2D eigenvalue weighted by molar-refractivity contribution is 6.31. The third kappa shape index (κ3) is 4.90. The molecule has 3 rings (SSSR count). The third-order valence-corrected chi connectivity index (χ3v) is 4.05. The maximum Gasteiger partial charge on any atom is 0.248 e. The monoisotopic (exact) mass is 379 g/mol. The Labute approximate surface area is 161 Å². The van der Waals surface area contributed by atoms with E-state index in [0.717, 1.165) is 0 Å². The van der Waals surface area contributed by atoms with Crippen LogP contribution in [-0.2, 0) is 4.79 Å². The van der Waals surface area contributed by atoms with E-state index in [1.54, 1.807) is 54.6 Å². The van der Waals surface area contributed by atoms with Crippen LogP contribution in [0.3, 0.4) is 0 Å². The molecule has 0 radical (unpaired) electrons. The molecule has 3 aromatic carbocycles. The topological polar surface area (TPSA) is 46.2 Å². The van der Waals surface area contributed by atoms with Gasteiger partial charge in [-0.15, -0.1) is 0 Å². The molecule has 0 heterocycles. The first-order valence-electron chi connectivity index (χ1n) is 8.17. The van der Waals surface area contributed by atoms with Crippen molar-refractivity contribution in [1.82, 2.24) is 0 Å². The normalized spacial score (nSPS) is 10.7. The quantitative estimate of drug-likeness (QED) is 0.479. The van der Waals surface area contributed by atoms with Gasteiger partial charge in [-0.25, -0.2) is 4.39 Å². The standard InChI is InChI=1S/C22H15ClFNO2/c23-17-9-12-20(19(14-17)22(27)16-4-2-1-3-5-16)25-21(26)13-8-15-6-10-18(24)11-7-15/h1-14H,(H,25,26).